The van der Waals surface area contributed by atoms with Crippen molar-refractivity contribution in [2.24, 2.45) is 11.8 Å². The zero-order chi connectivity index (χ0) is 18.5. The van der Waals surface area contributed by atoms with E-state index in [0.29, 0.717) is 12.2 Å². The number of unbranched alkanes of at least 4 members (excludes halogenated alkanes) is 8. The lowest BCUT2D eigenvalue weighted by Crippen LogP contribution is -2.41. The molecule has 1 saturated carbocycles. The van der Waals surface area contributed by atoms with Gasteiger partial charge in [-0.1, -0.05) is 97.3 Å². The first kappa shape index (κ1) is 22.2. The van der Waals surface area contributed by atoms with Crippen molar-refractivity contribution in [1.82, 2.24) is 0 Å². The summed E-state index contributed by atoms with van der Waals surface area (Å²) in [7, 11) is 0. The summed E-state index contributed by atoms with van der Waals surface area (Å²) >= 11 is 0. The number of hydrogen-bond acceptors (Lipinski definition) is 2. The maximum atomic E-state index is 6.24. The first-order valence-corrected chi connectivity index (χ1v) is 12.1. The quantitative estimate of drug-likeness (QED) is 0.318. The highest BCUT2D eigenvalue weighted by Crippen LogP contribution is 2.35. The lowest BCUT2D eigenvalue weighted by molar-refractivity contribution is -0.157. The van der Waals surface area contributed by atoms with E-state index in [1.165, 1.54) is 103 Å². The minimum absolute atomic E-state index is 0.368. The van der Waals surface area contributed by atoms with E-state index in [-0.39, 0.29) is 0 Å². The van der Waals surface area contributed by atoms with E-state index >= 15 is 0 Å². The first-order valence-electron chi connectivity index (χ1n) is 12.1. The molecule has 0 amide bonds. The molecule has 2 nitrogen and oxygen atoms in total. The van der Waals surface area contributed by atoms with Crippen molar-refractivity contribution in [2.75, 3.05) is 13.2 Å². The van der Waals surface area contributed by atoms with E-state index in [0.717, 1.165) is 25.0 Å². The predicted molar refractivity (Wildman–Crippen MR) is 112 cm³/mol. The third-order valence-electron chi connectivity index (χ3n) is 6.76. The molecule has 0 aromatic rings. The second-order valence-corrected chi connectivity index (χ2v) is 9.01. The van der Waals surface area contributed by atoms with E-state index < -0.39 is 0 Å². The van der Waals surface area contributed by atoms with Crippen molar-refractivity contribution >= 4 is 0 Å². The highest BCUT2D eigenvalue weighted by molar-refractivity contribution is 4.81. The topological polar surface area (TPSA) is 18.5 Å². The molecule has 0 N–H and O–H groups in total. The third kappa shape index (κ3) is 8.74. The van der Waals surface area contributed by atoms with Crippen LogP contribution in [-0.2, 0) is 9.47 Å². The molecule has 154 valence electrons. The minimum Gasteiger partial charge on any atom is -0.373 e. The van der Waals surface area contributed by atoms with Crippen LogP contribution in [0.25, 0.3) is 0 Å². The number of rotatable bonds is 13. The molecule has 2 atom stereocenters. The van der Waals surface area contributed by atoms with Gasteiger partial charge in [0.2, 0.25) is 0 Å². The van der Waals surface area contributed by atoms with Crippen LogP contribution in [0.2, 0.25) is 0 Å². The number of ether oxygens (including phenoxy) is 2. The Labute approximate surface area is 163 Å². The van der Waals surface area contributed by atoms with Gasteiger partial charge in [0, 0.05) is 0 Å². The molecule has 0 aromatic heterocycles. The normalized spacial score (nSPS) is 29.8. The summed E-state index contributed by atoms with van der Waals surface area (Å²) in [5, 5.41) is 0. The van der Waals surface area contributed by atoms with Gasteiger partial charge in [-0.15, -0.1) is 0 Å². The van der Waals surface area contributed by atoms with Gasteiger partial charge in [-0.25, -0.2) is 0 Å². The molecule has 0 bridgehead atoms. The summed E-state index contributed by atoms with van der Waals surface area (Å²) in [4.78, 5) is 0. The van der Waals surface area contributed by atoms with Crippen LogP contribution < -0.4 is 0 Å². The van der Waals surface area contributed by atoms with Gasteiger partial charge in [0.1, 0.15) is 0 Å². The van der Waals surface area contributed by atoms with Gasteiger partial charge < -0.3 is 9.47 Å². The SMILES string of the molecule is CCCCCCCC1CCC(C2COC(CCCCCCC)CO2)CC1. The van der Waals surface area contributed by atoms with Crippen LogP contribution in [0.5, 0.6) is 0 Å². The Hall–Kier alpha value is -0.0800. The van der Waals surface area contributed by atoms with Crippen molar-refractivity contribution in [3.63, 3.8) is 0 Å². The molecule has 1 saturated heterocycles. The summed E-state index contributed by atoms with van der Waals surface area (Å²) in [5.41, 5.74) is 0. The Morgan fingerprint density at radius 3 is 1.81 bits per heavy atom. The zero-order valence-corrected chi connectivity index (χ0v) is 17.9. The van der Waals surface area contributed by atoms with Gasteiger partial charge in [-0.3, -0.25) is 0 Å². The molecule has 2 rings (SSSR count). The van der Waals surface area contributed by atoms with Crippen molar-refractivity contribution in [2.45, 2.75) is 129 Å². The van der Waals surface area contributed by atoms with Gasteiger partial charge in [0.15, 0.2) is 0 Å². The van der Waals surface area contributed by atoms with E-state index in [2.05, 4.69) is 13.8 Å². The summed E-state index contributed by atoms with van der Waals surface area (Å²) in [6.45, 7) is 6.27. The maximum absolute atomic E-state index is 6.24. The highest BCUT2D eigenvalue weighted by Gasteiger charge is 2.31. The van der Waals surface area contributed by atoms with Crippen molar-refractivity contribution in [1.29, 1.82) is 0 Å². The van der Waals surface area contributed by atoms with Gasteiger partial charge in [0.25, 0.3) is 0 Å². The summed E-state index contributed by atoms with van der Waals surface area (Å²) < 4.78 is 12.4. The van der Waals surface area contributed by atoms with Crippen LogP contribution in [0.4, 0.5) is 0 Å². The molecule has 0 spiro atoms. The molecule has 2 unspecified atom stereocenters. The van der Waals surface area contributed by atoms with Crippen molar-refractivity contribution in [3.05, 3.63) is 0 Å². The average molecular weight is 367 g/mol. The molecule has 1 heterocycles. The van der Waals surface area contributed by atoms with Crippen LogP contribution in [0.1, 0.15) is 117 Å². The van der Waals surface area contributed by atoms with E-state index in [4.69, 9.17) is 9.47 Å². The monoisotopic (exact) mass is 366 g/mol. The second-order valence-electron chi connectivity index (χ2n) is 9.01. The lowest BCUT2D eigenvalue weighted by Gasteiger charge is -2.38. The third-order valence-corrected chi connectivity index (χ3v) is 6.76. The minimum atomic E-state index is 0.368. The van der Waals surface area contributed by atoms with Crippen LogP contribution in [0.3, 0.4) is 0 Å². The van der Waals surface area contributed by atoms with Crippen LogP contribution in [-0.4, -0.2) is 25.4 Å². The average Bonchev–Trinajstić information content (AvgIpc) is 2.69. The lowest BCUT2D eigenvalue weighted by atomic mass is 9.77. The summed E-state index contributed by atoms with van der Waals surface area (Å²) in [6.07, 6.45) is 22.9. The molecule has 2 heteroatoms. The van der Waals surface area contributed by atoms with Gasteiger partial charge in [0.05, 0.1) is 25.4 Å². The molecule has 0 radical (unpaired) electrons. The summed E-state index contributed by atoms with van der Waals surface area (Å²) in [6, 6.07) is 0. The Morgan fingerprint density at radius 2 is 1.23 bits per heavy atom. The van der Waals surface area contributed by atoms with E-state index in [1.807, 2.05) is 0 Å². The molecule has 0 aromatic carbocycles. The molecule has 2 fully saturated rings. The fourth-order valence-electron chi connectivity index (χ4n) is 4.86. The van der Waals surface area contributed by atoms with Gasteiger partial charge in [-0.2, -0.15) is 0 Å². The molecule has 1 aliphatic heterocycles. The van der Waals surface area contributed by atoms with Gasteiger partial charge in [-0.05, 0) is 31.1 Å². The smallest absolute Gasteiger partial charge is 0.0838 e. The van der Waals surface area contributed by atoms with Crippen LogP contribution in [0.15, 0.2) is 0 Å². The first-order chi connectivity index (χ1) is 12.8. The standard InChI is InChI=1S/C24H46O2/c1-3-5-7-9-11-13-21-15-17-22(18-16-21)24-20-25-23(19-26-24)14-12-10-8-6-4-2/h21-24H,3-20H2,1-2H3. The Kier molecular flexibility index (Phi) is 12.0. The highest BCUT2D eigenvalue weighted by atomic mass is 16.6. The number of hydrogen-bond donors (Lipinski definition) is 0. The maximum Gasteiger partial charge on any atom is 0.0838 e. The zero-order valence-electron chi connectivity index (χ0n) is 17.9. The van der Waals surface area contributed by atoms with Gasteiger partial charge >= 0.3 is 0 Å². The largest absolute Gasteiger partial charge is 0.373 e. The molecular weight excluding hydrogens is 320 g/mol. The predicted octanol–water partition coefficient (Wildman–Crippen LogP) is 7.30. The Bertz CT molecular complexity index is 282. The molecular formula is C24H46O2. The fraction of sp³-hybridized carbons (Fsp3) is 1.00. The van der Waals surface area contributed by atoms with Crippen molar-refractivity contribution < 1.29 is 9.47 Å². The second kappa shape index (κ2) is 14.0. The Morgan fingerprint density at radius 1 is 0.615 bits per heavy atom. The van der Waals surface area contributed by atoms with Crippen LogP contribution in [0, 0.1) is 11.8 Å². The Balaban J connectivity index is 1.50. The van der Waals surface area contributed by atoms with E-state index in [9.17, 15) is 0 Å². The molecule has 2 aliphatic rings. The van der Waals surface area contributed by atoms with E-state index in [1.54, 1.807) is 0 Å². The fourth-order valence-corrected chi connectivity index (χ4v) is 4.86. The summed E-state index contributed by atoms with van der Waals surface area (Å²) in [5.74, 6) is 1.75. The molecule has 1 aliphatic carbocycles. The van der Waals surface area contributed by atoms with Crippen molar-refractivity contribution in [3.8, 4) is 0 Å². The molecule has 26 heavy (non-hydrogen) atoms. The van der Waals surface area contributed by atoms with Crippen LogP contribution >= 0.6 is 0 Å².